The van der Waals surface area contributed by atoms with E-state index in [0.717, 1.165) is 37.7 Å². The number of carbonyl (C=O) groups excluding carboxylic acids is 3. The first-order valence-corrected chi connectivity index (χ1v) is 9.97. The number of phenols is 1. The van der Waals surface area contributed by atoms with Crippen LogP contribution in [-0.4, -0.2) is 35.4 Å². The number of carbonyl (C=O) groups is 3. The smallest absolute Gasteiger partial charge is 0.240 e. The van der Waals surface area contributed by atoms with Crippen molar-refractivity contribution in [2.45, 2.75) is 70.8 Å². The molecule has 0 radical (unpaired) electrons. The summed E-state index contributed by atoms with van der Waals surface area (Å²) in [4.78, 5) is 35.7. The van der Waals surface area contributed by atoms with Crippen molar-refractivity contribution in [1.29, 1.82) is 0 Å². The van der Waals surface area contributed by atoms with Gasteiger partial charge in [0.05, 0.1) is 6.42 Å². The number of hydrogen-bond acceptors (Lipinski definition) is 4. The molecule has 0 fully saturated rings. The van der Waals surface area contributed by atoms with E-state index < -0.39 is 11.9 Å². The Morgan fingerprint density at radius 2 is 1.68 bits per heavy atom. The average Bonchev–Trinajstić information content (AvgIpc) is 2.66. The maximum absolute atomic E-state index is 12.2. The summed E-state index contributed by atoms with van der Waals surface area (Å²) in [6, 6.07) is 5.76. The lowest BCUT2D eigenvalue weighted by Gasteiger charge is -2.17. The Bertz CT molecular complexity index is 631. The Labute approximate surface area is 167 Å². The van der Waals surface area contributed by atoms with Gasteiger partial charge in [0.25, 0.3) is 0 Å². The van der Waals surface area contributed by atoms with Gasteiger partial charge in [-0.1, -0.05) is 51.7 Å². The fraction of sp³-hybridized carbons (Fsp3) is 0.571. The summed E-state index contributed by atoms with van der Waals surface area (Å²) in [5.74, 6) is -1.11. The summed E-state index contributed by atoms with van der Waals surface area (Å²) in [6.07, 6.45) is 5.24. The van der Waals surface area contributed by atoms with Crippen molar-refractivity contribution in [3.05, 3.63) is 29.8 Å². The summed E-state index contributed by atoms with van der Waals surface area (Å²) >= 11 is 0. The maximum Gasteiger partial charge on any atom is 0.240 e. The van der Waals surface area contributed by atoms with Crippen molar-refractivity contribution in [1.82, 2.24) is 10.6 Å². The molecule has 1 aromatic carbocycles. The molecule has 0 saturated carbocycles. The third-order valence-electron chi connectivity index (χ3n) is 4.64. The lowest BCUT2D eigenvalue weighted by atomic mass is 10.0. The van der Waals surface area contributed by atoms with E-state index in [1.807, 2.05) is 6.92 Å². The minimum atomic E-state index is -1.01. The highest BCUT2D eigenvalue weighted by Gasteiger charge is 2.21. The summed E-state index contributed by atoms with van der Waals surface area (Å²) < 4.78 is 0. The first-order chi connectivity index (χ1) is 13.3. The molecular formula is C21H33N3O4. The summed E-state index contributed by atoms with van der Waals surface area (Å²) in [5, 5.41) is 14.6. The number of phenolic OH excluding ortho intramolecular Hbond substituents is 1. The second kappa shape index (κ2) is 12.8. The molecule has 28 heavy (non-hydrogen) atoms. The van der Waals surface area contributed by atoms with Crippen molar-refractivity contribution >= 4 is 17.7 Å². The predicted molar refractivity (Wildman–Crippen MR) is 109 cm³/mol. The van der Waals surface area contributed by atoms with E-state index in [1.165, 1.54) is 0 Å². The first-order valence-electron chi connectivity index (χ1n) is 9.97. The minimum Gasteiger partial charge on any atom is -0.508 e. The molecule has 0 bridgehead atoms. The molecule has 156 valence electrons. The minimum absolute atomic E-state index is 0.0364. The number of amides is 3. The highest BCUT2D eigenvalue weighted by atomic mass is 16.3. The largest absolute Gasteiger partial charge is 0.508 e. The second-order valence-electron chi connectivity index (χ2n) is 7.19. The van der Waals surface area contributed by atoms with Crippen molar-refractivity contribution in [3.8, 4) is 5.75 Å². The Hall–Kier alpha value is -2.57. The van der Waals surface area contributed by atoms with E-state index in [1.54, 1.807) is 24.3 Å². The lowest BCUT2D eigenvalue weighted by molar-refractivity contribution is -0.130. The SMILES string of the molecule is CCCCCCCC(=O)NC(CC(=O)NCC(C)c1ccc(O)cc1)C(N)=O. The van der Waals surface area contributed by atoms with E-state index in [9.17, 15) is 19.5 Å². The standard InChI is InChI=1S/C21H33N3O4/c1-3-4-5-6-7-8-19(26)24-18(21(22)28)13-20(27)23-14-15(2)16-9-11-17(25)12-10-16/h9-12,15,18,25H,3-8,13-14H2,1-2H3,(H2,22,28)(H,23,27)(H,24,26). The van der Waals surface area contributed by atoms with Crippen molar-refractivity contribution < 1.29 is 19.5 Å². The molecule has 0 aliphatic rings. The molecule has 0 aliphatic carbocycles. The topological polar surface area (TPSA) is 122 Å². The number of primary amides is 1. The molecule has 1 rings (SSSR count). The maximum atomic E-state index is 12.2. The van der Waals surface area contributed by atoms with E-state index in [2.05, 4.69) is 17.6 Å². The molecular weight excluding hydrogens is 358 g/mol. The van der Waals surface area contributed by atoms with Gasteiger partial charge >= 0.3 is 0 Å². The van der Waals surface area contributed by atoms with Crippen LogP contribution in [0, 0.1) is 0 Å². The van der Waals surface area contributed by atoms with Crippen LogP contribution in [-0.2, 0) is 14.4 Å². The van der Waals surface area contributed by atoms with Crippen LogP contribution in [0.5, 0.6) is 5.75 Å². The monoisotopic (exact) mass is 391 g/mol. The number of rotatable bonds is 13. The Morgan fingerprint density at radius 3 is 2.29 bits per heavy atom. The van der Waals surface area contributed by atoms with E-state index in [4.69, 9.17) is 5.73 Å². The zero-order chi connectivity index (χ0) is 20.9. The molecule has 3 amide bonds. The molecule has 2 atom stereocenters. The van der Waals surface area contributed by atoms with Crippen LogP contribution in [0.1, 0.15) is 70.3 Å². The molecule has 0 aliphatic heterocycles. The van der Waals surface area contributed by atoms with Gasteiger partial charge in [-0.2, -0.15) is 0 Å². The summed E-state index contributed by atoms with van der Waals surface area (Å²) in [7, 11) is 0. The second-order valence-corrected chi connectivity index (χ2v) is 7.19. The Kier molecular flexibility index (Phi) is 10.7. The number of nitrogens with two attached hydrogens (primary N) is 1. The third kappa shape index (κ3) is 9.39. The lowest BCUT2D eigenvalue weighted by Crippen LogP contribution is -2.47. The summed E-state index contributed by atoms with van der Waals surface area (Å²) in [5.41, 5.74) is 6.30. The van der Waals surface area contributed by atoms with Crippen molar-refractivity contribution in [3.63, 3.8) is 0 Å². The molecule has 1 aromatic rings. The predicted octanol–water partition coefficient (Wildman–Crippen LogP) is 2.33. The average molecular weight is 392 g/mol. The summed E-state index contributed by atoms with van der Waals surface area (Å²) in [6.45, 7) is 4.44. The van der Waals surface area contributed by atoms with Gasteiger partial charge < -0.3 is 21.5 Å². The number of aromatic hydroxyl groups is 1. The third-order valence-corrected chi connectivity index (χ3v) is 4.64. The molecule has 5 N–H and O–H groups in total. The zero-order valence-electron chi connectivity index (χ0n) is 16.9. The van der Waals surface area contributed by atoms with Crippen LogP contribution >= 0.6 is 0 Å². The molecule has 7 heteroatoms. The number of unbranched alkanes of at least 4 members (excludes halogenated alkanes) is 4. The van der Waals surface area contributed by atoms with Gasteiger partial charge in [-0.05, 0) is 30.0 Å². The number of hydrogen-bond donors (Lipinski definition) is 4. The van der Waals surface area contributed by atoms with E-state index in [-0.39, 0.29) is 29.9 Å². The fourth-order valence-electron chi connectivity index (χ4n) is 2.82. The van der Waals surface area contributed by atoms with Gasteiger partial charge in [0.15, 0.2) is 0 Å². The number of nitrogens with one attached hydrogen (secondary N) is 2. The van der Waals surface area contributed by atoms with Crippen LogP contribution in [0.2, 0.25) is 0 Å². The van der Waals surface area contributed by atoms with Gasteiger partial charge in [-0.15, -0.1) is 0 Å². The number of benzene rings is 1. The van der Waals surface area contributed by atoms with Gasteiger partial charge in [0.2, 0.25) is 17.7 Å². The van der Waals surface area contributed by atoms with Crippen LogP contribution in [0.25, 0.3) is 0 Å². The molecule has 0 aromatic heterocycles. The quantitative estimate of drug-likeness (QED) is 0.386. The van der Waals surface area contributed by atoms with Crippen LogP contribution < -0.4 is 16.4 Å². The first kappa shape index (κ1) is 23.5. The molecule has 7 nitrogen and oxygen atoms in total. The normalized spacial score (nSPS) is 12.8. The van der Waals surface area contributed by atoms with Gasteiger partial charge in [-0.25, -0.2) is 0 Å². The fourth-order valence-corrected chi connectivity index (χ4v) is 2.82. The highest BCUT2D eigenvalue weighted by Crippen LogP contribution is 2.17. The van der Waals surface area contributed by atoms with Crippen LogP contribution in [0.15, 0.2) is 24.3 Å². The molecule has 0 saturated heterocycles. The molecule has 2 unspecified atom stereocenters. The van der Waals surface area contributed by atoms with E-state index in [0.29, 0.717) is 13.0 Å². The van der Waals surface area contributed by atoms with E-state index >= 15 is 0 Å². The van der Waals surface area contributed by atoms with Crippen LogP contribution in [0.4, 0.5) is 0 Å². The van der Waals surface area contributed by atoms with Gasteiger partial charge in [0, 0.05) is 13.0 Å². The molecule has 0 spiro atoms. The van der Waals surface area contributed by atoms with Crippen LogP contribution in [0.3, 0.4) is 0 Å². The highest BCUT2D eigenvalue weighted by molar-refractivity contribution is 5.91. The van der Waals surface area contributed by atoms with Gasteiger partial charge in [0.1, 0.15) is 11.8 Å². The molecule has 0 heterocycles. The zero-order valence-corrected chi connectivity index (χ0v) is 16.9. The van der Waals surface area contributed by atoms with Crippen molar-refractivity contribution in [2.75, 3.05) is 6.54 Å². The Balaban J connectivity index is 2.39. The van der Waals surface area contributed by atoms with Gasteiger partial charge in [-0.3, -0.25) is 14.4 Å². The Morgan fingerprint density at radius 1 is 1.04 bits per heavy atom. The van der Waals surface area contributed by atoms with Crippen molar-refractivity contribution in [2.24, 2.45) is 5.73 Å².